The van der Waals surface area contributed by atoms with E-state index in [4.69, 9.17) is 14.2 Å². The number of esters is 2. The van der Waals surface area contributed by atoms with E-state index in [1.54, 1.807) is 58.9 Å². The Hall–Kier alpha value is -2.57. The minimum Gasteiger partial charge on any atom is -0.465 e. The second kappa shape index (κ2) is 10.5. The standard InChI is InChI=1S/C20H29NO6/c1-6-25-17(22)16(18(23)26-7-2)13-14-21(15-11-9-8-10-12-15)19(24)27-20(3,4)5/h8-12,16H,6-7,13-14H2,1-5H3. The fourth-order valence-corrected chi connectivity index (χ4v) is 2.33. The van der Waals surface area contributed by atoms with Gasteiger partial charge in [-0.1, -0.05) is 18.2 Å². The van der Waals surface area contributed by atoms with Crippen LogP contribution in [0, 0.1) is 5.92 Å². The van der Waals surface area contributed by atoms with Crippen molar-refractivity contribution in [3.05, 3.63) is 30.3 Å². The number of nitrogens with zero attached hydrogens (tertiary/aromatic N) is 1. The molecule has 0 aromatic heterocycles. The van der Waals surface area contributed by atoms with Crippen LogP contribution >= 0.6 is 0 Å². The molecule has 7 heteroatoms. The van der Waals surface area contributed by atoms with E-state index in [1.807, 2.05) is 6.07 Å². The molecule has 0 fully saturated rings. The molecule has 0 aliphatic heterocycles. The molecule has 0 atom stereocenters. The van der Waals surface area contributed by atoms with E-state index in [-0.39, 0.29) is 26.2 Å². The molecule has 0 radical (unpaired) electrons. The summed E-state index contributed by atoms with van der Waals surface area (Å²) in [6.07, 6.45) is -0.494. The molecule has 27 heavy (non-hydrogen) atoms. The third-order valence-electron chi connectivity index (χ3n) is 3.47. The first-order chi connectivity index (χ1) is 12.7. The Morgan fingerprint density at radius 2 is 1.48 bits per heavy atom. The number of hydrogen-bond acceptors (Lipinski definition) is 6. The maximum absolute atomic E-state index is 12.6. The van der Waals surface area contributed by atoms with Crippen LogP contribution in [-0.4, -0.2) is 43.4 Å². The Morgan fingerprint density at radius 3 is 1.93 bits per heavy atom. The van der Waals surface area contributed by atoms with Gasteiger partial charge in [-0.3, -0.25) is 14.5 Å². The third kappa shape index (κ3) is 7.68. The van der Waals surface area contributed by atoms with Crippen LogP contribution in [0.4, 0.5) is 10.5 Å². The van der Waals surface area contributed by atoms with E-state index in [1.165, 1.54) is 4.90 Å². The highest BCUT2D eigenvalue weighted by atomic mass is 16.6. The molecule has 1 amide bonds. The molecule has 0 bridgehead atoms. The van der Waals surface area contributed by atoms with Gasteiger partial charge in [0.05, 0.1) is 13.2 Å². The summed E-state index contributed by atoms with van der Waals surface area (Å²) in [7, 11) is 0. The molecule has 0 heterocycles. The predicted octanol–water partition coefficient (Wildman–Crippen LogP) is 3.56. The largest absolute Gasteiger partial charge is 0.465 e. The highest BCUT2D eigenvalue weighted by Crippen LogP contribution is 2.20. The molecule has 0 saturated carbocycles. The van der Waals surface area contributed by atoms with E-state index in [9.17, 15) is 14.4 Å². The second-order valence-corrected chi connectivity index (χ2v) is 6.81. The summed E-state index contributed by atoms with van der Waals surface area (Å²) >= 11 is 0. The number of carbonyl (C=O) groups excluding carboxylic acids is 3. The van der Waals surface area contributed by atoms with Gasteiger partial charge in [0.25, 0.3) is 0 Å². The van der Waals surface area contributed by atoms with Crippen LogP contribution in [0.2, 0.25) is 0 Å². The third-order valence-corrected chi connectivity index (χ3v) is 3.47. The van der Waals surface area contributed by atoms with Crippen LogP contribution in [-0.2, 0) is 23.8 Å². The Bertz CT molecular complexity index is 605. The summed E-state index contributed by atoms with van der Waals surface area (Å²) in [4.78, 5) is 38.3. The predicted molar refractivity (Wildman–Crippen MR) is 101 cm³/mol. The average molecular weight is 379 g/mol. The van der Waals surface area contributed by atoms with E-state index in [2.05, 4.69) is 0 Å². The number of amides is 1. The number of rotatable bonds is 8. The zero-order valence-corrected chi connectivity index (χ0v) is 16.7. The number of ether oxygens (including phenoxy) is 3. The molecule has 0 unspecified atom stereocenters. The maximum Gasteiger partial charge on any atom is 0.414 e. The monoisotopic (exact) mass is 379 g/mol. The smallest absolute Gasteiger partial charge is 0.414 e. The Balaban J connectivity index is 3.00. The number of benzene rings is 1. The number of hydrogen-bond donors (Lipinski definition) is 0. The number of para-hydroxylation sites is 1. The van der Waals surface area contributed by atoms with Gasteiger partial charge >= 0.3 is 18.0 Å². The topological polar surface area (TPSA) is 82.1 Å². The molecule has 1 aromatic carbocycles. The highest BCUT2D eigenvalue weighted by molar-refractivity contribution is 5.95. The van der Waals surface area contributed by atoms with Crippen LogP contribution in [0.5, 0.6) is 0 Å². The van der Waals surface area contributed by atoms with Crippen LogP contribution in [0.15, 0.2) is 30.3 Å². The summed E-state index contributed by atoms with van der Waals surface area (Å²) in [6, 6.07) is 8.93. The van der Waals surface area contributed by atoms with Gasteiger partial charge in [0.15, 0.2) is 5.92 Å². The fourth-order valence-electron chi connectivity index (χ4n) is 2.33. The first-order valence-electron chi connectivity index (χ1n) is 9.08. The Labute approximate surface area is 160 Å². The molecule has 1 rings (SSSR count). The summed E-state index contributed by atoms with van der Waals surface area (Å²) < 4.78 is 15.4. The molecular weight excluding hydrogens is 350 g/mol. The average Bonchev–Trinajstić information content (AvgIpc) is 2.58. The molecule has 0 spiro atoms. The lowest BCUT2D eigenvalue weighted by Gasteiger charge is -2.28. The van der Waals surface area contributed by atoms with Gasteiger partial charge in [-0.2, -0.15) is 0 Å². The minimum absolute atomic E-state index is 0.0613. The van der Waals surface area contributed by atoms with Gasteiger partial charge in [-0.25, -0.2) is 4.79 Å². The summed E-state index contributed by atoms with van der Waals surface area (Å²) in [5.41, 5.74) is -0.0653. The molecule has 1 aromatic rings. The van der Waals surface area contributed by atoms with Crippen molar-refractivity contribution in [3.8, 4) is 0 Å². The van der Waals surface area contributed by atoms with Gasteiger partial charge in [0, 0.05) is 12.2 Å². The van der Waals surface area contributed by atoms with Gasteiger partial charge in [-0.05, 0) is 53.2 Å². The summed E-state index contributed by atoms with van der Waals surface area (Å²) in [5.74, 6) is -2.42. The van der Waals surface area contributed by atoms with Crippen LogP contribution in [0.1, 0.15) is 41.0 Å². The van der Waals surface area contributed by atoms with Crippen LogP contribution in [0.3, 0.4) is 0 Å². The van der Waals surface area contributed by atoms with E-state index in [0.29, 0.717) is 5.69 Å². The van der Waals surface area contributed by atoms with Crippen LogP contribution in [0.25, 0.3) is 0 Å². The Morgan fingerprint density at radius 1 is 0.963 bits per heavy atom. The second-order valence-electron chi connectivity index (χ2n) is 6.81. The molecule has 0 aliphatic rings. The maximum atomic E-state index is 12.6. The van der Waals surface area contributed by atoms with E-state index in [0.717, 1.165) is 0 Å². The fraction of sp³-hybridized carbons (Fsp3) is 0.550. The molecular formula is C20H29NO6. The van der Waals surface area contributed by atoms with Crippen molar-refractivity contribution in [2.75, 3.05) is 24.7 Å². The lowest BCUT2D eigenvalue weighted by atomic mass is 10.1. The Kier molecular flexibility index (Phi) is 8.78. The molecule has 150 valence electrons. The van der Waals surface area contributed by atoms with Gasteiger partial charge in [0.2, 0.25) is 0 Å². The molecule has 7 nitrogen and oxygen atoms in total. The first-order valence-corrected chi connectivity index (χ1v) is 9.08. The zero-order chi connectivity index (χ0) is 20.4. The normalized spacial score (nSPS) is 11.0. The van der Waals surface area contributed by atoms with Crippen LogP contribution < -0.4 is 4.90 Å². The first kappa shape index (κ1) is 22.5. The summed E-state index contributed by atoms with van der Waals surface area (Å²) in [6.45, 7) is 9.05. The van der Waals surface area contributed by atoms with Gasteiger partial charge in [0.1, 0.15) is 5.60 Å². The molecule has 0 aliphatic carbocycles. The van der Waals surface area contributed by atoms with E-state index >= 15 is 0 Å². The molecule has 0 saturated heterocycles. The molecule has 0 N–H and O–H groups in total. The van der Waals surface area contributed by atoms with Crippen molar-refractivity contribution < 1.29 is 28.6 Å². The van der Waals surface area contributed by atoms with Crippen molar-refractivity contribution in [2.24, 2.45) is 5.92 Å². The van der Waals surface area contributed by atoms with E-state index < -0.39 is 29.6 Å². The van der Waals surface area contributed by atoms with Gasteiger partial charge in [-0.15, -0.1) is 0 Å². The van der Waals surface area contributed by atoms with Gasteiger partial charge < -0.3 is 14.2 Å². The quantitative estimate of drug-likeness (QED) is 0.390. The van der Waals surface area contributed by atoms with Crippen molar-refractivity contribution in [3.63, 3.8) is 0 Å². The zero-order valence-electron chi connectivity index (χ0n) is 16.7. The minimum atomic E-state index is -1.10. The summed E-state index contributed by atoms with van der Waals surface area (Å²) in [5, 5.41) is 0. The SMILES string of the molecule is CCOC(=O)C(CCN(C(=O)OC(C)(C)C)c1ccccc1)C(=O)OCC. The van der Waals surface area contributed by atoms with Crippen molar-refractivity contribution in [1.82, 2.24) is 0 Å². The lowest BCUT2D eigenvalue weighted by Crippen LogP contribution is -2.39. The number of carbonyl (C=O) groups is 3. The lowest BCUT2D eigenvalue weighted by molar-refractivity contribution is -0.161. The van der Waals surface area contributed by atoms with Crippen molar-refractivity contribution in [2.45, 2.75) is 46.6 Å². The number of anilines is 1. The highest BCUT2D eigenvalue weighted by Gasteiger charge is 2.32. The van der Waals surface area contributed by atoms with Crippen molar-refractivity contribution >= 4 is 23.7 Å². The van der Waals surface area contributed by atoms with Crippen molar-refractivity contribution in [1.29, 1.82) is 0 Å².